The van der Waals surface area contributed by atoms with Gasteiger partial charge in [0.1, 0.15) is 6.61 Å². The van der Waals surface area contributed by atoms with E-state index in [1.807, 2.05) is 24.5 Å². The average molecular weight is 136 g/mol. The molecule has 0 bridgehead atoms. The monoisotopic (exact) mass is 136 g/mol. The van der Waals surface area contributed by atoms with Crippen molar-refractivity contribution in [3.63, 3.8) is 0 Å². The third-order valence-electron chi connectivity index (χ3n) is 1.59. The molecule has 3 nitrogen and oxygen atoms in total. The van der Waals surface area contributed by atoms with Gasteiger partial charge in [0, 0.05) is 11.9 Å². The van der Waals surface area contributed by atoms with Crippen LogP contribution in [0.4, 0.5) is 0 Å². The highest BCUT2D eigenvalue weighted by Crippen LogP contribution is 2.15. The first kappa shape index (κ1) is 5.53. The van der Waals surface area contributed by atoms with E-state index in [9.17, 15) is 0 Å². The molecular weight excluding hydrogens is 128 g/mol. The number of aromatic nitrogens is 1. The third-order valence-corrected chi connectivity index (χ3v) is 1.59. The summed E-state index contributed by atoms with van der Waals surface area (Å²) in [5.74, 6) is 0.329. The minimum atomic E-state index is 0.329. The van der Waals surface area contributed by atoms with Gasteiger partial charge in [-0.3, -0.25) is 0 Å². The van der Waals surface area contributed by atoms with Crippen LogP contribution in [0.5, 0.6) is 0 Å². The molecular formula is C7H8N2O. The third kappa shape index (κ3) is 0.795. The first-order chi connectivity index (χ1) is 4.97. The molecule has 0 aliphatic carbocycles. The van der Waals surface area contributed by atoms with E-state index in [1.165, 1.54) is 5.69 Å². The Bertz CT molecular complexity index is 228. The number of oxime groups is 1. The Balaban J connectivity index is 2.20. The van der Waals surface area contributed by atoms with Gasteiger partial charge in [0.05, 0.1) is 12.1 Å². The van der Waals surface area contributed by atoms with Crippen molar-refractivity contribution in [2.45, 2.75) is 5.92 Å². The summed E-state index contributed by atoms with van der Waals surface area (Å²) in [6, 6.07) is 4.01. The molecule has 0 saturated heterocycles. The fourth-order valence-corrected chi connectivity index (χ4v) is 1.03. The van der Waals surface area contributed by atoms with Gasteiger partial charge in [0.2, 0.25) is 0 Å². The van der Waals surface area contributed by atoms with Crippen molar-refractivity contribution < 1.29 is 4.84 Å². The highest BCUT2D eigenvalue weighted by atomic mass is 16.6. The Hall–Kier alpha value is -1.25. The summed E-state index contributed by atoms with van der Waals surface area (Å²) in [5, 5.41) is 3.68. The van der Waals surface area contributed by atoms with Crippen LogP contribution in [0.1, 0.15) is 11.6 Å². The smallest absolute Gasteiger partial charge is 0.130 e. The van der Waals surface area contributed by atoms with Crippen molar-refractivity contribution >= 4 is 6.21 Å². The Kier molecular flexibility index (Phi) is 1.20. The molecule has 3 heteroatoms. The maximum Gasteiger partial charge on any atom is 0.130 e. The normalized spacial score (nSPS) is 23.0. The average Bonchev–Trinajstić information content (AvgIpc) is 2.59. The van der Waals surface area contributed by atoms with E-state index < -0.39 is 0 Å². The second kappa shape index (κ2) is 2.17. The van der Waals surface area contributed by atoms with E-state index in [0.717, 1.165) is 0 Å². The molecule has 2 heterocycles. The molecule has 2 rings (SSSR count). The molecule has 0 fully saturated rings. The number of nitrogens with zero attached hydrogens (tertiary/aromatic N) is 1. The lowest BCUT2D eigenvalue weighted by Crippen LogP contribution is -2.00. The predicted octanol–water partition coefficient (Wildman–Crippen LogP) is 1.11. The van der Waals surface area contributed by atoms with Gasteiger partial charge < -0.3 is 9.82 Å². The SMILES string of the molecule is C1=NOCC1c1ccc[nH]1. The van der Waals surface area contributed by atoms with Crippen molar-refractivity contribution in [1.82, 2.24) is 4.98 Å². The first-order valence-corrected chi connectivity index (χ1v) is 3.25. The summed E-state index contributed by atoms with van der Waals surface area (Å²) in [4.78, 5) is 7.94. The summed E-state index contributed by atoms with van der Waals surface area (Å²) >= 11 is 0. The quantitative estimate of drug-likeness (QED) is 0.617. The molecule has 1 aliphatic rings. The van der Waals surface area contributed by atoms with Crippen molar-refractivity contribution in [3.05, 3.63) is 24.0 Å². The van der Waals surface area contributed by atoms with Gasteiger partial charge in [0.25, 0.3) is 0 Å². The minimum Gasteiger partial charge on any atom is -0.395 e. The Morgan fingerprint density at radius 3 is 3.30 bits per heavy atom. The lowest BCUT2D eigenvalue weighted by Gasteiger charge is -1.98. The van der Waals surface area contributed by atoms with Crippen LogP contribution in [-0.2, 0) is 4.84 Å². The molecule has 0 saturated carbocycles. The minimum absolute atomic E-state index is 0.329. The number of hydrogen-bond donors (Lipinski definition) is 1. The molecule has 1 unspecified atom stereocenters. The Morgan fingerprint density at radius 2 is 2.70 bits per heavy atom. The summed E-state index contributed by atoms with van der Waals surface area (Å²) < 4.78 is 0. The van der Waals surface area contributed by atoms with Gasteiger partial charge >= 0.3 is 0 Å². The number of nitrogens with one attached hydrogen (secondary N) is 1. The van der Waals surface area contributed by atoms with Crippen molar-refractivity contribution in [1.29, 1.82) is 0 Å². The topological polar surface area (TPSA) is 37.4 Å². The number of hydrogen-bond acceptors (Lipinski definition) is 2. The predicted molar refractivity (Wildman–Crippen MR) is 38.0 cm³/mol. The number of aromatic amines is 1. The van der Waals surface area contributed by atoms with Crippen LogP contribution >= 0.6 is 0 Å². The van der Waals surface area contributed by atoms with Crippen molar-refractivity contribution in [3.8, 4) is 0 Å². The summed E-state index contributed by atoms with van der Waals surface area (Å²) in [7, 11) is 0. The van der Waals surface area contributed by atoms with Crippen LogP contribution < -0.4 is 0 Å². The van der Waals surface area contributed by atoms with Crippen LogP contribution in [-0.4, -0.2) is 17.8 Å². The molecule has 0 aromatic carbocycles. The van der Waals surface area contributed by atoms with Crippen molar-refractivity contribution in [2.75, 3.05) is 6.61 Å². The molecule has 10 heavy (non-hydrogen) atoms. The fraction of sp³-hybridized carbons (Fsp3) is 0.286. The number of H-pyrrole nitrogens is 1. The van der Waals surface area contributed by atoms with Gasteiger partial charge in [-0.15, -0.1) is 0 Å². The fourth-order valence-electron chi connectivity index (χ4n) is 1.03. The lowest BCUT2D eigenvalue weighted by atomic mass is 10.1. The van der Waals surface area contributed by atoms with Crippen LogP contribution in [0.2, 0.25) is 0 Å². The second-order valence-electron chi connectivity index (χ2n) is 2.28. The van der Waals surface area contributed by atoms with Crippen LogP contribution in [0.25, 0.3) is 0 Å². The zero-order chi connectivity index (χ0) is 6.81. The second-order valence-corrected chi connectivity index (χ2v) is 2.28. The largest absolute Gasteiger partial charge is 0.395 e. The molecule has 0 amide bonds. The van der Waals surface area contributed by atoms with E-state index in [0.29, 0.717) is 12.5 Å². The van der Waals surface area contributed by atoms with Crippen molar-refractivity contribution in [2.24, 2.45) is 5.16 Å². The molecule has 1 aliphatic heterocycles. The van der Waals surface area contributed by atoms with Crippen LogP contribution in [0.15, 0.2) is 23.5 Å². The molecule has 52 valence electrons. The zero-order valence-corrected chi connectivity index (χ0v) is 5.45. The molecule has 1 aromatic heterocycles. The zero-order valence-electron chi connectivity index (χ0n) is 5.45. The van der Waals surface area contributed by atoms with E-state index in [-0.39, 0.29) is 0 Å². The van der Waals surface area contributed by atoms with Gasteiger partial charge in [-0.25, -0.2) is 0 Å². The van der Waals surface area contributed by atoms with E-state index in [1.54, 1.807) is 0 Å². The van der Waals surface area contributed by atoms with Gasteiger partial charge in [-0.2, -0.15) is 0 Å². The van der Waals surface area contributed by atoms with E-state index >= 15 is 0 Å². The molecule has 0 radical (unpaired) electrons. The standard InChI is InChI=1S/C7H8N2O/c1-2-7(8-3-1)6-4-9-10-5-6/h1-4,6,8H,5H2. The Labute approximate surface area is 58.7 Å². The molecule has 1 atom stereocenters. The van der Waals surface area contributed by atoms with Crippen LogP contribution in [0, 0.1) is 0 Å². The van der Waals surface area contributed by atoms with E-state index in [2.05, 4.69) is 10.1 Å². The molecule has 1 N–H and O–H groups in total. The summed E-state index contributed by atoms with van der Waals surface area (Å²) in [6.07, 6.45) is 3.72. The van der Waals surface area contributed by atoms with E-state index in [4.69, 9.17) is 4.84 Å². The highest BCUT2D eigenvalue weighted by Gasteiger charge is 2.14. The number of rotatable bonds is 1. The summed E-state index contributed by atoms with van der Waals surface area (Å²) in [5.41, 5.74) is 1.17. The Morgan fingerprint density at radius 1 is 1.70 bits per heavy atom. The van der Waals surface area contributed by atoms with Crippen LogP contribution in [0.3, 0.4) is 0 Å². The maximum absolute atomic E-state index is 4.83. The highest BCUT2D eigenvalue weighted by molar-refractivity contribution is 5.67. The molecule has 1 aromatic rings. The molecule has 0 spiro atoms. The first-order valence-electron chi connectivity index (χ1n) is 3.25. The van der Waals surface area contributed by atoms with Gasteiger partial charge in [0.15, 0.2) is 0 Å². The maximum atomic E-state index is 4.83. The van der Waals surface area contributed by atoms with Gasteiger partial charge in [-0.05, 0) is 12.1 Å². The van der Waals surface area contributed by atoms with Gasteiger partial charge in [-0.1, -0.05) is 5.16 Å². The summed E-state index contributed by atoms with van der Waals surface area (Å²) in [6.45, 7) is 0.667. The lowest BCUT2D eigenvalue weighted by molar-refractivity contribution is 0.166.